The minimum atomic E-state index is 0.413. The van der Waals surface area contributed by atoms with Gasteiger partial charge in [-0.3, -0.25) is 0 Å². The third kappa shape index (κ3) is 0.978. The molecule has 0 saturated heterocycles. The molecule has 0 N–H and O–H groups in total. The van der Waals surface area contributed by atoms with Crippen LogP contribution in [0.4, 0.5) is 0 Å². The fraction of sp³-hybridized carbons (Fsp3) is 0.100. The number of nitrogens with zero attached hydrogens (tertiary/aromatic N) is 1. The first-order valence-electron chi connectivity index (χ1n) is 4.08. The second-order valence-electron chi connectivity index (χ2n) is 2.98. The molecule has 3 heteroatoms. The number of rotatable bonds is 0. The molecule has 0 unspecified atom stereocenters. The number of furan rings is 1. The summed E-state index contributed by atoms with van der Waals surface area (Å²) in [4.78, 5) is 4.50. The van der Waals surface area contributed by atoms with Crippen molar-refractivity contribution in [3.8, 4) is 0 Å². The SMILES string of the molecule is Cc1nc2c(ccc3ccoc32)[se]1. The molecule has 0 atom stereocenters. The minimum absolute atomic E-state index is 0.413. The van der Waals surface area contributed by atoms with Gasteiger partial charge in [0.15, 0.2) is 0 Å². The van der Waals surface area contributed by atoms with Crippen molar-refractivity contribution in [2.24, 2.45) is 0 Å². The van der Waals surface area contributed by atoms with Crippen molar-refractivity contribution in [3.05, 3.63) is 29.0 Å². The van der Waals surface area contributed by atoms with Gasteiger partial charge < -0.3 is 0 Å². The molecule has 0 saturated carbocycles. The summed E-state index contributed by atoms with van der Waals surface area (Å²) in [6.07, 6.45) is 1.72. The third-order valence-corrected chi connectivity index (χ3v) is 4.05. The van der Waals surface area contributed by atoms with Crippen LogP contribution < -0.4 is 0 Å². The summed E-state index contributed by atoms with van der Waals surface area (Å²) in [5.41, 5.74) is 2.00. The molecule has 3 aromatic rings. The van der Waals surface area contributed by atoms with E-state index in [1.807, 2.05) is 6.07 Å². The zero-order chi connectivity index (χ0) is 8.84. The molecule has 13 heavy (non-hydrogen) atoms. The second-order valence-corrected chi connectivity index (χ2v) is 5.57. The number of aryl methyl sites for hydroxylation is 1. The molecule has 64 valence electrons. The number of hydrogen-bond donors (Lipinski definition) is 0. The maximum absolute atomic E-state index is 5.41. The summed E-state index contributed by atoms with van der Waals surface area (Å²) in [6.45, 7) is 2.08. The molecule has 0 aliphatic carbocycles. The van der Waals surface area contributed by atoms with E-state index in [9.17, 15) is 0 Å². The average Bonchev–Trinajstić information content (AvgIpc) is 2.65. The van der Waals surface area contributed by atoms with Crippen molar-refractivity contribution in [2.75, 3.05) is 0 Å². The number of hydrogen-bond acceptors (Lipinski definition) is 2. The molecule has 0 fully saturated rings. The maximum atomic E-state index is 5.41. The summed E-state index contributed by atoms with van der Waals surface area (Å²) in [7, 11) is 0. The van der Waals surface area contributed by atoms with Crippen molar-refractivity contribution in [3.63, 3.8) is 0 Å². The Morgan fingerprint density at radius 2 is 2.23 bits per heavy atom. The Bertz CT molecular complexity index is 579. The molecule has 1 aromatic carbocycles. The molecule has 0 spiro atoms. The monoisotopic (exact) mass is 237 g/mol. The summed E-state index contributed by atoms with van der Waals surface area (Å²) < 4.78 is 7.98. The second kappa shape index (κ2) is 2.47. The van der Waals surface area contributed by atoms with Gasteiger partial charge in [-0.2, -0.15) is 0 Å². The zero-order valence-electron chi connectivity index (χ0n) is 7.07. The molecule has 3 rings (SSSR count). The summed E-state index contributed by atoms with van der Waals surface area (Å²) >= 11 is 0.413. The van der Waals surface area contributed by atoms with Gasteiger partial charge in [0.1, 0.15) is 0 Å². The average molecular weight is 236 g/mol. The molecular weight excluding hydrogens is 229 g/mol. The quantitative estimate of drug-likeness (QED) is 0.560. The molecule has 0 bridgehead atoms. The van der Waals surface area contributed by atoms with E-state index >= 15 is 0 Å². The molecular formula is C10H7NOSe. The Balaban J connectivity index is 2.64. The van der Waals surface area contributed by atoms with E-state index in [1.165, 1.54) is 8.83 Å². The van der Waals surface area contributed by atoms with E-state index in [4.69, 9.17) is 4.42 Å². The van der Waals surface area contributed by atoms with Crippen molar-refractivity contribution in [1.29, 1.82) is 0 Å². The molecule has 0 aliphatic heterocycles. The molecule has 0 aliphatic rings. The Labute approximate surface area is 80.9 Å². The normalized spacial score (nSPS) is 11.5. The summed E-state index contributed by atoms with van der Waals surface area (Å²) in [6, 6.07) is 6.24. The molecule has 2 aromatic heterocycles. The van der Waals surface area contributed by atoms with Gasteiger partial charge in [-0.05, 0) is 0 Å². The van der Waals surface area contributed by atoms with Crippen LogP contribution >= 0.6 is 0 Å². The fourth-order valence-electron chi connectivity index (χ4n) is 1.53. The van der Waals surface area contributed by atoms with E-state index in [2.05, 4.69) is 24.0 Å². The van der Waals surface area contributed by atoms with Crippen molar-refractivity contribution in [2.45, 2.75) is 6.92 Å². The molecule has 2 heterocycles. The molecule has 2 nitrogen and oxygen atoms in total. The van der Waals surface area contributed by atoms with Crippen LogP contribution in [0.15, 0.2) is 28.9 Å². The Kier molecular flexibility index (Phi) is 1.40. The first-order chi connectivity index (χ1) is 6.34. The summed E-state index contributed by atoms with van der Waals surface area (Å²) in [5.74, 6) is 0. The Morgan fingerprint density at radius 3 is 3.15 bits per heavy atom. The van der Waals surface area contributed by atoms with E-state index in [1.54, 1.807) is 6.26 Å². The summed E-state index contributed by atoms with van der Waals surface area (Å²) in [5, 5.41) is 1.15. The third-order valence-electron chi connectivity index (χ3n) is 2.09. The van der Waals surface area contributed by atoms with E-state index in [-0.39, 0.29) is 0 Å². The van der Waals surface area contributed by atoms with Gasteiger partial charge in [0.05, 0.1) is 0 Å². The first kappa shape index (κ1) is 7.36. The number of benzene rings is 1. The van der Waals surface area contributed by atoms with Crippen LogP contribution in [0.2, 0.25) is 0 Å². The number of aromatic nitrogens is 1. The van der Waals surface area contributed by atoms with Crippen LogP contribution in [0.3, 0.4) is 0 Å². The van der Waals surface area contributed by atoms with E-state index in [0.29, 0.717) is 14.5 Å². The van der Waals surface area contributed by atoms with Gasteiger partial charge >= 0.3 is 80.6 Å². The standard InChI is InChI=1S/C10H7NOSe/c1-6-11-9-8(13-6)3-2-7-4-5-12-10(7)9/h2-5H,1H3. The van der Waals surface area contributed by atoms with Crippen LogP contribution in [0.25, 0.3) is 20.7 Å². The Hall–Kier alpha value is -1.05. The van der Waals surface area contributed by atoms with Crippen LogP contribution in [0.1, 0.15) is 4.57 Å². The van der Waals surface area contributed by atoms with E-state index < -0.39 is 0 Å². The van der Waals surface area contributed by atoms with Crippen LogP contribution in [0.5, 0.6) is 0 Å². The van der Waals surface area contributed by atoms with Crippen LogP contribution in [-0.4, -0.2) is 19.5 Å². The first-order valence-corrected chi connectivity index (χ1v) is 5.79. The van der Waals surface area contributed by atoms with Gasteiger partial charge in [0, 0.05) is 0 Å². The molecule has 0 amide bonds. The topological polar surface area (TPSA) is 26.0 Å². The van der Waals surface area contributed by atoms with E-state index in [0.717, 1.165) is 16.5 Å². The number of fused-ring (bicyclic) bond motifs is 3. The fourth-order valence-corrected chi connectivity index (χ4v) is 3.26. The van der Waals surface area contributed by atoms with Gasteiger partial charge in [-0.1, -0.05) is 0 Å². The van der Waals surface area contributed by atoms with Gasteiger partial charge in [0.25, 0.3) is 0 Å². The van der Waals surface area contributed by atoms with Gasteiger partial charge in [-0.25, -0.2) is 0 Å². The predicted molar refractivity (Wildman–Crippen MR) is 53.2 cm³/mol. The van der Waals surface area contributed by atoms with Crippen molar-refractivity contribution >= 4 is 35.2 Å². The van der Waals surface area contributed by atoms with Crippen LogP contribution in [-0.2, 0) is 0 Å². The van der Waals surface area contributed by atoms with Crippen LogP contribution in [0, 0.1) is 6.92 Å². The Morgan fingerprint density at radius 1 is 1.31 bits per heavy atom. The predicted octanol–water partition coefficient (Wildman–Crippen LogP) is 2.35. The van der Waals surface area contributed by atoms with Crippen molar-refractivity contribution < 1.29 is 4.42 Å². The van der Waals surface area contributed by atoms with Gasteiger partial charge in [-0.15, -0.1) is 0 Å². The van der Waals surface area contributed by atoms with Crippen molar-refractivity contribution in [1.82, 2.24) is 4.98 Å². The molecule has 0 radical (unpaired) electrons. The zero-order valence-corrected chi connectivity index (χ0v) is 8.79. The van der Waals surface area contributed by atoms with Gasteiger partial charge in [0.2, 0.25) is 0 Å².